The maximum atomic E-state index is 4.25. The standard InChI is InChI=1S/C20H32.C11H14.C7H14.C5H12.C2H6/c1-6-7-8-11-17(4)20-14-13-19(18(5)15-20)12-9-10-16(2)3;1-8(2)10-5-6-11(7-10)9-3-4-9;1-4-5-6-7(2)3;1-3-5-4-2;1-2/h13-16H,4,6-12H2,1-3,5H3;5,7,9H,1,3-4,6H2,2H3;2,4-6H2,1,3H3;3-5H2,1-2H3;1-2H3. The molecule has 0 radical (unpaired) electrons. The van der Waals surface area contributed by atoms with E-state index in [1.165, 1.54) is 135 Å². The van der Waals surface area contributed by atoms with Crippen molar-refractivity contribution in [2.75, 3.05) is 0 Å². The van der Waals surface area contributed by atoms with Gasteiger partial charge in [0.25, 0.3) is 0 Å². The Labute approximate surface area is 284 Å². The van der Waals surface area contributed by atoms with Gasteiger partial charge in [0.1, 0.15) is 0 Å². The lowest BCUT2D eigenvalue weighted by molar-refractivity contribution is 0.555. The van der Waals surface area contributed by atoms with Gasteiger partial charge in [-0.25, -0.2) is 0 Å². The molecule has 2 aliphatic rings. The van der Waals surface area contributed by atoms with Gasteiger partial charge in [-0.1, -0.05) is 161 Å². The molecule has 0 N–H and O–H groups in total. The highest BCUT2D eigenvalue weighted by Gasteiger charge is 2.26. The minimum Gasteiger partial charge on any atom is -0.100 e. The summed E-state index contributed by atoms with van der Waals surface area (Å²) < 4.78 is 0. The summed E-state index contributed by atoms with van der Waals surface area (Å²) in [6.07, 6.45) is 25.4. The molecule has 0 unspecified atom stereocenters. The first kappa shape index (κ1) is 45.0. The third-order valence-electron chi connectivity index (χ3n) is 8.22. The van der Waals surface area contributed by atoms with Crippen LogP contribution in [0.25, 0.3) is 5.57 Å². The topological polar surface area (TPSA) is 0 Å². The molecule has 1 aromatic carbocycles. The Balaban J connectivity index is 0. The number of aryl methyl sites for hydroxylation is 2. The van der Waals surface area contributed by atoms with Crippen LogP contribution >= 0.6 is 0 Å². The fourth-order valence-electron chi connectivity index (χ4n) is 5.04. The monoisotopic (exact) mass is 619 g/mol. The molecule has 0 nitrogen and oxygen atoms in total. The first-order chi connectivity index (χ1) is 21.5. The Kier molecular flexibility index (Phi) is 29.4. The molecule has 3 rings (SSSR count). The van der Waals surface area contributed by atoms with Gasteiger partial charge in [0.15, 0.2) is 0 Å². The molecular weight excluding hydrogens is 540 g/mol. The Morgan fingerprint density at radius 1 is 0.800 bits per heavy atom. The summed E-state index contributed by atoms with van der Waals surface area (Å²) in [6.45, 7) is 35.9. The van der Waals surface area contributed by atoms with Crippen LogP contribution in [-0.2, 0) is 6.42 Å². The van der Waals surface area contributed by atoms with Crippen LogP contribution in [0.4, 0.5) is 0 Å². The normalized spacial score (nSPS) is 13.0. The van der Waals surface area contributed by atoms with Crippen molar-refractivity contribution in [3.05, 3.63) is 89.1 Å². The summed E-state index contributed by atoms with van der Waals surface area (Å²) in [4.78, 5) is 0. The summed E-state index contributed by atoms with van der Waals surface area (Å²) in [5.74, 6) is 1.75. The van der Waals surface area contributed by atoms with E-state index in [4.69, 9.17) is 0 Å². The molecule has 0 atom stereocenters. The maximum Gasteiger partial charge on any atom is -0.0124 e. The van der Waals surface area contributed by atoms with E-state index in [-0.39, 0.29) is 0 Å². The van der Waals surface area contributed by atoms with E-state index < -0.39 is 0 Å². The third kappa shape index (κ3) is 24.8. The van der Waals surface area contributed by atoms with Crippen LogP contribution in [0, 0.1) is 18.8 Å². The molecule has 0 heterocycles. The molecule has 0 aliphatic heterocycles. The molecule has 258 valence electrons. The van der Waals surface area contributed by atoms with Crippen LogP contribution in [-0.4, -0.2) is 0 Å². The van der Waals surface area contributed by atoms with Crippen molar-refractivity contribution in [2.45, 2.75) is 179 Å². The molecule has 0 amide bonds. The minimum atomic E-state index is 0.813. The van der Waals surface area contributed by atoms with E-state index in [0.29, 0.717) is 0 Å². The molecule has 2 aliphatic carbocycles. The molecular formula is C45H78. The second-order valence-electron chi connectivity index (χ2n) is 13.5. The smallest absolute Gasteiger partial charge is 0.0124 e. The van der Waals surface area contributed by atoms with Crippen LogP contribution in [0.1, 0.15) is 182 Å². The lowest BCUT2D eigenvalue weighted by Crippen LogP contribution is -1.95. The van der Waals surface area contributed by atoms with Gasteiger partial charge in [-0.3, -0.25) is 0 Å². The minimum absolute atomic E-state index is 0.813. The summed E-state index contributed by atoms with van der Waals surface area (Å²) in [5.41, 5.74) is 11.1. The Morgan fingerprint density at radius 2 is 1.40 bits per heavy atom. The number of unbranched alkanes of at least 4 members (excludes halogenated alkanes) is 5. The van der Waals surface area contributed by atoms with Gasteiger partial charge in [-0.05, 0) is 118 Å². The van der Waals surface area contributed by atoms with Gasteiger partial charge < -0.3 is 0 Å². The van der Waals surface area contributed by atoms with Crippen molar-refractivity contribution in [3.8, 4) is 0 Å². The van der Waals surface area contributed by atoms with Gasteiger partial charge in [-0.15, -0.1) is 6.58 Å². The second kappa shape index (κ2) is 29.3. The van der Waals surface area contributed by atoms with Gasteiger partial charge in [0.05, 0.1) is 0 Å². The molecule has 0 aromatic heterocycles. The highest BCUT2D eigenvalue weighted by Crippen LogP contribution is 2.41. The SMILES string of the molecule is C=C(C)C1=CCC(C2CC2)=C1.C=C(C)CCCC.C=C(CCCCC)c1ccc(CCCC(C)C)c(C)c1.CC.CCCCC. The predicted molar refractivity (Wildman–Crippen MR) is 211 cm³/mol. The number of benzene rings is 1. The van der Waals surface area contributed by atoms with Gasteiger partial charge in [0, 0.05) is 0 Å². The fourth-order valence-corrected chi connectivity index (χ4v) is 5.04. The molecule has 0 heteroatoms. The van der Waals surface area contributed by atoms with E-state index >= 15 is 0 Å². The summed E-state index contributed by atoms with van der Waals surface area (Å²) in [6, 6.07) is 6.92. The zero-order valence-corrected chi connectivity index (χ0v) is 32.5. The van der Waals surface area contributed by atoms with Crippen molar-refractivity contribution >= 4 is 5.57 Å². The third-order valence-corrected chi connectivity index (χ3v) is 8.22. The highest BCUT2D eigenvalue weighted by molar-refractivity contribution is 5.64. The first-order valence-corrected chi connectivity index (χ1v) is 19.0. The predicted octanol–water partition coefficient (Wildman–Crippen LogP) is 15.8. The van der Waals surface area contributed by atoms with Crippen LogP contribution < -0.4 is 0 Å². The van der Waals surface area contributed by atoms with Crippen molar-refractivity contribution in [1.82, 2.24) is 0 Å². The number of rotatable bonds is 16. The Hall–Kier alpha value is -2.08. The van der Waals surface area contributed by atoms with Crippen molar-refractivity contribution in [1.29, 1.82) is 0 Å². The quantitative estimate of drug-likeness (QED) is 0.128. The number of allylic oxidation sites excluding steroid dienone is 7. The van der Waals surface area contributed by atoms with E-state index in [1.807, 2.05) is 13.8 Å². The van der Waals surface area contributed by atoms with Crippen molar-refractivity contribution in [3.63, 3.8) is 0 Å². The van der Waals surface area contributed by atoms with Gasteiger partial charge in [0.2, 0.25) is 0 Å². The Morgan fingerprint density at radius 3 is 1.80 bits per heavy atom. The average molecular weight is 619 g/mol. The summed E-state index contributed by atoms with van der Waals surface area (Å²) in [7, 11) is 0. The fraction of sp³-hybridized carbons (Fsp3) is 0.644. The molecule has 0 spiro atoms. The lowest BCUT2D eigenvalue weighted by Gasteiger charge is -2.11. The average Bonchev–Trinajstić information content (AvgIpc) is 3.74. The molecule has 1 fully saturated rings. The number of hydrogen-bond acceptors (Lipinski definition) is 0. The van der Waals surface area contributed by atoms with Crippen LogP contribution in [0.15, 0.2) is 72.4 Å². The van der Waals surface area contributed by atoms with E-state index in [2.05, 4.69) is 112 Å². The van der Waals surface area contributed by atoms with E-state index in [9.17, 15) is 0 Å². The molecule has 1 aromatic rings. The van der Waals surface area contributed by atoms with Crippen molar-refractivity contribution in [2.24, 2.45) is 11.8 Å². The van der Waals surface area contributed by atoms with E-state index in [0.717, 1.165) is 18.3 Å². The zero-order valence-electron chi connectivity index (χ0n) is 32.5. The van der Waals surface area contributed by atoms with Gasteiger partial charge in [-0.2, -0.15) is 0 Å². The largest absolute Gasteiger partial charge is 0.100 e. The van der Waals surface area contributed by atoms with Crippen LogP contribution in [0.2, 0.25) is 0 Å². The van der Waals surface area contributed by atoms with Crippen molar-refractivity contribution < 1.29 is 0 Å². The number of hydrogen-bond donors (Lipinski definition) is 0. The van der Waals surface area contributed by atoms with Crippen LogP contribution in [0.3, 0.4) is 0 Å². The Bertz CT molecular complexity index is 973. The summed E-state index contributed by atoms with van der Waals surface area (Å²) >= 11 is 0. The molecule has 45 heavy (non-hydrogen) atoms. The highest BCUT2D eigenvalue weighted by atomic mass is 14.3. The second-order valence-corrected chi connectivity index (χ2v) is 13.5. The maximum absolute atomic E-state index is 4.25. The molecule has 0 bridgehead atoms. The van der Waals surface area contributed by atoms with Gasteiger partial charge >= 0.3 is 0 Å². The molecule has 0 saturated heterocycles. The van der Waals surface area contributed by atoms with E-state index in [1.54, 1.807) is 5.57 Å². The summed E-state index contributed by atoms with van der Waals surface area (Å²) in [5, 5.41) is 0. The zero-order chi connectivity index (χ0) is 34.6. The lowest BCUT2D eigenvalue weighted by atomic mass is 9.94. The molecule has 1 saturated carbocycles. The van der Waals surface area contributed by atoms with Crippen LogP contribution in [0.5, 0.6) is 0 Å². The first-order valence-electron chi connectivity index (χ1n) is 19.0.